The number of hydrogen-bond acceptors (Lipinski definition) is 10. The summed E-state index contributed by atoms with van der Waals surface area (Å²) in [6.07, 6.45) is 2.09. The number of alkyl halides is 2. The summed E-state index contributed by atoms with van der Waals surface area (Å²) in [5.41, 5.74) is 6.89. The van der Waals surface area contributed by atoms with Crippen molar-refractivity contribution in [2.75, 3.05) is 16.6 Å². The molecule has 248 valence electrons. The molecule has 4 aromatic rings. The minimum Gasteiger partial charge on any atom is -0.485 e. The molecule has 0 fully saturated rings. The van der Waals surface area contributed by atoms with Gasteiger partial charge in [-0.05, 0) is 42.8 Å². The molecule has 2 atom stereocenters. The number of nitrogens with one attached hydrogen (secondary N) is 2. The van der Waals surface area contributed by atoms with Crippen molar-refractivity contribution in [2.45, 2.75) is 57.4 Å². The van der Waals surface area contributed by atoms with Crippen LogP contribution in [0.1, 0.15) is 30.4 Å². The van der Waals surface area contributed by atoms with Crippen LogP contribution in [0.5, 0.6) is 5.75 Å². The van der Waals surface area contributed by atoms with Crippen LogP contribution in [0.3, 0.4) is 0 Å². The van der Waals surface area contributed by atoms with Crippen LogP contribution in [0.4, 0.5) is 30.5 Å². The predicted octanol–water partition coefficient (Wildman–Crippen LogP) is 5.59. The normalized spacial score (nSPS) is 13.4. The Labute approximate surface area is 265 Å². The summed E-state index contributed by atoms with van der Waals surface area (Å²) in [5.74, 6) is -3.58. The fourth-order valence-corrected chi connectivity index (χ4v) is 5.58. The van der Waals surface area contributed by atoms with E-state index in [1.165, 1.54) is 65.7 Å². The Morgan fingerprint density at radius 2 is 1.83 bits per heavy atom. The summed E-state index contributed by atoms with van der Waals surface area (Å²) < 4.78 is 79.3. The third kappa shape index (κ3) is 9.03. The van der Waals surface area contributed by atoms with Gasteiger partial charge in [0, 0.05) is 38.7 Å². The van der Waals surface area contributed by atoms with Gasteiger partial charge in [0.05, 0.1) is 17.4 Å². The number of ether oxygens (including phenoxy) is 2. The highest BCUT2D eigenvalue weighted by Gasteiger charge is 2.28. The summed E-state index contributed by atoms with van der Waals surface area (Å²) in [7, 11) is -6.42. The highest BCUT2D eigenvalue weighted by Crippen LogP contribution is 2.41. The number of aromatic nitrogens is 4. The summed E-state index contributed by atoms with van der Waals surface area (Å²) in [6, 6.07) is 10.3. The van der Waals surface area contributed by atoms with Gasteiger partial charge in [0.15, 0.2) is 0 Å². The molecular formula is C29H36F3N7O5SSi. The first-order valence-corrected chi connectivity index (χ1v) is 19.4. The molecule has 46 heavy (non-hydrogen) atoms. The molecule has 17 heteroatoms. The molecule has 0 amide bonds. The average molecular weight is 680 g/mol. The Bertz CT molecular complexity index is 1720. The molecule has 0 spiro atoms. The van der Waals surface area contributed by atoms with E-state index in [2.05, 4.69) is 40.0 Å². The lowest BCUT2D eigenvalue weighted by molar-refractivity contribution is 0.0800. The Balaban J connectivity index is 1.84. The molecule has 0 aliphatic carbocycles. The lowest BCUT2D eigenvalue weighted by atomic mass is 10.0. The maximum Gasteiger partial charge on any atom is 0.355 e. The van der Waals surface area contributed by atoms with Crippen LogP contribution in [0.2, 0.25) is 25.7 Å². The van der Waals surface area contributed by atoms with E-state index in [-0.39, 0.29) is 40.8 Å². The van der Waals surface area contributed by atoms with Crippen molar-refractivity contribution in [3.8, 4) is 17.0 Å². The van der Waals surface area contributed by atoms with Crippen LogP contribution in [0, 0.1) is 5.82 Å². The number of nitrogens with zero attached hydrogens (tertiary/aromatic N) is 4. The number of anilines is 3. The number of rotatable bonds is 15. The number of halogens is 3. The zero-order valence-electron chi connectivity index (χ0n) is 25.6. The highest BCUT2D eigenvalue weighted by atomic mass is 32.2. The van der Waals surface area contributed by atoms with E-state index in [9.17, 15) is 26.7 Å². The molecule has 0 saturated heterocycles. The van der Waals surface area contributed by atoms with Crippen molar-refractivity contribution < 1.29 is 36.2 Å². The van der Waals surface area contributed by atoms with Crippen LogP contribution < -0.4 is 20.5 Å². The van der Waals surface area contributed by atoms with Gasteiger partial charge in [0.25, 0.3) is 10.0 Å². The Morgan fingerprint density at radius 3 is 2.43 bits per heavy atom. The monoisotopic (exact) mass is 679 g/mol. The third-order valence-corrected chi connectivity index (χ3v) is 9.37. The number of benzene rings is 2. The second-order valence-electron chi connectivity index (χ2n) is 11.5. The van der Waals surface area contributed by atoms with Gasteiger partial charge in [-0.2, -0.15) is 13.9 Å². The Kier molecular flexibility index (Phi) is 11.0. The first kappa shape index (κ1) is 34.8. The largest absolute Gasteiger partial charge is 0.485 e. The van der Waals surface area contributed by atoms with Crippen molar-refractivity contribution in [3.63, 3.8) is 0 Å². The van der Waals surface area contributed by atoms with E-state index in [0.29, 0.717) is 18.0 Å². The van der Waals surface area contributed by atoms with Crippen LogP contribution in [0.15, 0.2) is 61.1 Å². The number of aliphatic hydroxyl groups excluding tert-OH is 1. The quantitative estimate of drug-likeness (QED) is 0.0707. The topological polar surface area (TPSA) is 167 Å². The molecule has 2 aromatic heterocycles. The van der Waals surface area contributed by atoms with Crippen LogP contribution in [-0.4, -0.2) is 53.7 Å². The molecule has 0 saturated carbocycles. The van der Waals surface area contributed by atoms with Gasteiger partial charge in [-0.1, -0.05) is 31.8 Å². The van der Waals surface area contributed by atoms with Crippen molar-refractivity contribution >= 4 is 35.4 Å². The smallest absolute Gasteiger partial charge is 0.355 e. The molecule has 0 aliphatic heterocycles. The number of aliphatic hydroxyl groups is 1. The zero-order valence-corrected chi connectivity index (χ0v) is 27.4. The lowest BCUT2D eigenvalue weighted by Crippen LogP contribution is -2.22. The van der Waals surface area contributed by atoms with Crippen LogP contribution >= 0.6 is 0 Å². The van der Waals surface area contributed by atoms with E-state index < -0.39 is 42.0 Å². The lowest BCUT2D eigenvalue weighted by Gasteiger charge is -2.19. The van der Waals surface area contributed by atoms with Crippen molar-refractivity contribution in [1.29, 1.82) is 0 Å². The van der Waals surface area contributed by atoms with Crippen LogP contribution in [0.25, 0.3) is 11.3 Å². The van der Waals surface area contributed by atoms with Gasteiger partial charge in [-0.3, -0.25) is 9.71 Å². The van der Waals surface area contributed by atoms with Gasteiger partial charge in [-0.15, -0.1) is 0 Å². The summed E-state index contributed by atoms with van der Waals surface area (Å²) in [6.45, 7) is 8.72. The van der Waals surface area contributed by atoms with Gasteiger partial charge >= 0.3 is 5.76 Å². The minimum atomic E-state index is -5.01. The maximum absolute atomic E-state index is 13.6. The van der Waals surface area contributed by atoms with E-state index in [1.807, 2.05) is 4.72 Å². The highest BCUT2D eigenvalue weighted by molar-refractivity contribution is 7.93. The molecule has 0 radical (unpaired) electrons. The molecule has 4 rings (SSSR count). The van der Waals surface area contributed by atoms with Gasteiger partial charge in [0.1, 0.15) is 48.0 Å². The Morgan fingerprint density at radius 1 is 1.11 bits per heavy atom. The second-order valence-corrected chi connectivity index (χ2v) is 18.8. The van der Waals surface area contributed by atoms with E-state index >= 15 is 0 Å². The zero-order chi connectivity index (χ0) is 33.6. The van der Waals surface area contributed by atoms with E-state index in [0.717, 1.165) is 6.04 Å². The number of sulfonamides is 1. The first-order valence-electron chi connectivity index (χ1n) is 14.2. The van der Waals surface area contributed by atoms with E-state index in [4.69, 9.17) is 15.2 Å². The minimum absolute atomic E-state index is 0.00328. The number of nitrogens with two attached hydrogens (primary N) is 1. The standard InChI is InChI=1S/C29H36F3N7O5SSi/c1-18(19-5-7-20(30)8-6-19)44-23-15-21(38-45(41,42)29(31)32)9-10-22(23)26-25(27(33)40)28(36-24-16-34-11-12-35-24)39(37-26)17-43-13-14-46(2,3)4/h5-12,15-16,18,27,29,38,40H,13-14,17,33H2,1-4H3,(H,35,36)/t18-,27?/m1/s1. The molecule has 5 N–H and O–H groups in total. The van der Waals surface area contributed by atoms with E-state index in [1.54, 1.807) is 6.92 Å². The SMILES string of the molecule is C[C@@H](Oc1cc(NS(=O)(=O)C(F)F)ccc1-c1nn(COCC[Si](C)(C)C)c(Nc2cnccn2)c1C(N)O)c1ccc(F)cc1. The molecule has 0 bridgehead atoms. The van der Waals surface area contributed by atoms with Gasteiger partial charge < -0.3 is 25.6 Å². The molecule has 2 aromatic carbocycles. The van der Waals surface area contributed by atoms with Gasteiger partial charge in [-0.25, -0.2) is 22.5 Å². The first-order chi connectivity index (χ1) is 21.6. The average Bonchev–Trinajstić information content (AvgIpc) is 3.33. The summed E-state index contributed by atoms with van der Waals surface area (Å²) >= 11 is 0. The number of hydrogen-bond donors (Lipinski definition) is 4. The molecule has 1 unspecified atom stereocenters. The van der Waals surface area contributed by atoms with Gasteiger partial charge in [0.2, 0.25) is 0 Å². The molecule has 0 aliphatic rings. The molecule has 2 heterocycles. The predicted molar refractivity (Wildman–Crippen MR) is 170 cm³/mol. The molecule has 12 nitrogen and oxygen atoms in total. The van der Waals surface area contributed by atoms with Crippen LogP contribution in [-0.2, 0) is 21.5 Å². The second kappa shape index (κ2) is 14.6. The van der Waals surface area contributed by atoms with Crippen molar-refractivity contribution in [3.05, 3.63) is 78.0 Å². The fraction of sp³-hybridized carbons (Fsp3) is 0.345. The third-order valence-electron chi connectivity index (χ3n) is 6.68. The molecular weight excluding hydrogens is 644 g/mol. The summed E-state index contributed by atoms with van der Waals surface area (Å²) in [5, 5.41) is 18.6. The Hall–Kier alpha value is -4.03. The van der Waals surface area contributed by atoms with Crippen molar-refractivity contribution in [1.82, 2.24) is 19.7 Å². The summed E-state index contributed by atoms with van der Waals surface area (Å²) in [4.78, 5) is 8.29. The van der Waals surface area contributed by atoms with Crippen molar-refractivity contribution in [2.24, 2.45) is 5.73 Å². The maximum atomic E-state index is 13.6. The fourth-order valence-electron chi connectivity index (χ4n) is 4.27.